The Morgan fingerprint density at radius 3 is 2.74 bits per heavy atom. The van der Waals surface area contributed by atoms with Gasteiger partial charge in [-0.3, -0.25) is 9.30 Å². The fourth-order valence-corrected chi connectivity index (χ4v) is 6.01. The number of anilines is 1. The third kappa shape index (κ3) is 4.15. The summed E-state index contributed by atoms with van der Waals surface area (Å²) in [5.74, 6) is -1.15. The molecule has 6 rings (SSSR count). The highest BCUT2D eigenvalue weighted by molar-refractivity contribution is 7.89. The van der Waals surface area contributed by atoms with Gasteiger partial charge in [0.1, 0.15) is 4.90 Å². The van der Waals surface area contributed by atoms with E-state index >= 15 is 0 Å². The molecule has 1 N–H and O–H groups in total. The van der Waals surface area contributed by atoms with Gasteiger partial charge in [0, 0.05) is 37.9 Å². The van der Waals surface area contributed by atoms with Gasteiger partial charge in [0.15, 0.2) is 5.65 Å². The van der Waals surface area contributed by atoms with Crippen LogP contribution in [0.2, 0.25) is 0 Å². The Kier molecular flexibility index (Phi) is 5.28. The van der Waals surface area contributed by atoms with Crippen LogP contribution >= 0.6 is 0 Å². The summed E-state index contributed by atoms with van der Waals surface area (Å²) < 4.78 is 67.5. The molecule has 0 aromatic carbocycles. The van der Waals surface area contributed by atoms with E-state index in [1.165, 1.54) is 10.6 Å². The van der Waals surface area contributed by atoms with E-state index in [-0.39, 0.29) is 22.7 Å². The minimum atomic E-state index is -3.89. The third-order valence-electron chi connectivity index (χ3n) is 6.75. The standard InChI is InChI=1S/C20H24F2N8O4S/c1-20(2-3-20)27-35(31,32)13-8-14(29-5-4-28-6-7-33-11-12(28)9-29)16-23-24-17(30(16)10-13)19-26-25-18(34-19)15(21)22/h8,10,12,15,27H,2-7,9,11H2,1H3/t12-/m1/s1. The molecule has 1 atom stereocenters. The summed E-state index contributed by atoms with van der Waals surface area (Å²) in [5, 5.41) is 15.3. The van der Waals surface area contributed by atoms with E-state index in [1.54, 1.807) is 6.07 Å². The van der Waals surface area contributed by atoms with Crippen LogP contribution in [0.4, 0.5) is 14.5 Å². The van der Waals surface area contributed by atoms with Crippen LogP contribution in [0.25, 0.3) is 17.4 Å². The zero-order valence-corrected chi connectivity index (χ0v) is 19.7. The fraction of sp³-hybridized carbons (Fsp3) is 0.600. The van der Waals surface area contributed by atoms with Gasteiger partial charge >= 0.3 is 6.43 Å². The first-order valence-electron chi connectivity index (χ1n) is 11.3. The zero-order chi connectivity index (χ0) is 24.4. The summed E-state index contributed by atoms with van der Waals surface area (Å²) in [5.41, 5.74) is 0.443. The number of nitrogens with one attached hydrogen (secondary N) is 1. The number of piperazine rings is 1. The molecule has 0 bridgehead atoms. The van der Waals surface area contributed by atoms with Crippen molar-refractivity contribution in [1.29, 1.82) is 0 Å². The van der Waals surface area contributed by atoms with Gasteiger partial charge in [-0.2, -0.15) is 8.78 Å². The molecule has 1 saturated carbocycles. The van der Waals surface area contributed by atoms with Crippen molar-refractivity contribution in [1.82, 2.24) is 34.4 Å². The van der Waals surface area contributed by atoms with E-state index in [0.29, 0.717) is 37.6 Å². The smallest absolute Gasteiger partial charge is 0.314 e. The van der Waals surface area contributed by atoms with Gasteiger partial charge in [0.25, 0.3) is 11.8 Å². The molecule has 1 aliphatic carbocycles. The average Bonchev–Trinajstić information content (AvgIpc) is 3.22. The SMILES string of the molecule is CC1(NS(=O)(=O)c2cc(N3CCN4CCOC[C@H]4C3)c3nnc(-c4nnc(C(F)F)o4)n3c2)CC1. The number of hydrogen-bond donors (Lipinski definition) is 1. The highest BCUT2D eigenvalue weighted by atomic mass is 32.2. The van der Waals surface area contributed by atoms with E-state index < -0.39 is 27.9 Å². The number of morpholine rings is 1. The quantitative estimate of drug-likeness (QED) is 0.514. The lowest BCUT2D eigenvalue weighted by atomic mass is 10.1. The molecule has 3 aliphatic rings. The Morgan fingerprint density at radius 2 is 2.00 bits per heavy atom. The number of aromatic nitrogens is 5. The molecule has 2 saturated heterocycles. The Hall–Kier alpha value is -2.75. The molecule has 0 radical (unpaired) electrons. The second kappa shape index (κ2) is 8.15. The Balaban J connectivity index is 1.46. The molecule has 3 aromatic heterocycles. The van der Waals surface area contributed by atoms with Crippen LogP contribution in [0.15, 0.2) is 21.6 Å². The Labute approximate surface area is 199 Å². The molecule has 35 heavy (non-hydrogen) atoms. The van der Waals surface area contributed by atoms with Crippen molar-refractivity contribution in [2.75, 3.05) is 44.3 Å². The predicted molar refractivity (Wildman–Crippen MR) is 118 cm³/mol. The second-order valence-corrected chi connectivity index (χ2v) is 11.1. The van der Waals surface area contributed by atoms with Crippen LogP contribution in [-0.4, -0.2) is 89.1 Å². The monoisotopic (exact) mass is 510 g/mol. The van der Waals surface area contributed by atoms with E-state index in [9.17, 15) is 17.2 Å². The number of pyridine rings is 1. The summed E-state index contributed by atoms with van der Waals surface area (Å²) in [7, 11) is -3.89. The lowest BCUT2D eigenvalue weighted by Crippen LogP contribution is -2.58. The van der Waals surface area contributed by atoms with Crippen LogP contribution in [0.5, 0.6) is 0 Å². The van der Waals surface area contributed by atoms with Crippen LogP contribution in [0.1, 0.15) is 32.1 Å². The van der Waals surface area contributed by atoms with Crippen LogP contribution in [0.3, 0.4) is 0 Å². The molecule has 5 heterocycles. The van der Waals surface area contributed by atoms with Gasteiger partial charge in [-0.1, -0.05) is 0 Å². The third-order valence-corrected chi connectivity index (χ3v) is 8.35. The van der Waals surface area contributed by atoms with Gasteiger partial charge in [-0.25, -0.2) is 13.1 Å². The van der Waals surface area contributed by atoms with Crippen molar-refractivity contribution in [2.24, 2.45) is 0 Å². The Bertz CT molecular complexity index is 1370. The molecule has 3 aromatic rings. The lowest BCUT2D eigenvalue weighted by Gasteiger charge is -2.44. The molecule has 3 fully saturated rings. The predicted octanol–water partition coefficient (Wildman–Crippen LogP) is 1.07. The highest BCUT2D eigenvalue weighted by Crippen LogP contribution is 2.37. The molecule has 12 nitrogen and oxygen atoms in total. The largest absolute Gasteiger partial charge is 0.412 e. The number of ether oxygens (including phenoxy) is 1. The van der Waals surface area contributed by atoms with Gasteiger partial charge in [-0.05, 0) is 25.8 Å². The summed E-state index contributed by atoms with van der Waals surface area (Å²) >= 11 is 0. The first kappa shape index (κ1) is 22.7. The molecular weight excluding hydrogens is 486 g/mol. The summed E-state index contributed by atoms with van der Waals surface area (Å²) in [6.45, 7) is 6.03. The van der Waals surface area contributed by atoms with Gasteiger partial charge < -0.3 is 14.1 Å². The Morgan fingerprint density at radius 1 is 1.17 bits per heavy atom. The van der Waals surface area contributed by atoms with Crippen molar-refractivity contribution in [3.8, 4) is 11.7 Å². The number of hydrogen-bond acceptors (Lipinski definition) is 10. The number of rotatable bonds is 6. The first-order chi connectivity index (χ1) is 16.7. The minimum Gasteiger partial charge on any atom is -0.412 e. The van der Waals surface area contributed by atoms with Gasteiger partial charge in [-0.15, -0.1) is 20.4 Å². The fourth-order valence-electron chi connectivity index (χ4n) is 4.53. The molecule has 188 valence electrons. The van der Waals surface area contributed by atoms with Gasteiger partial charge in [0.2, 0.25) is 15.8 Å². The van der Waals surface area contributed by atoms with Crippen molar-refractivity contribution in [2.45, 2.75) is 42.7 Å². The lowest BCUT2D eigenvalue weighted by molar-refractivity contribution is -0.0116. The van der Waals surface area contributed by atoms with Crippen molar-refractivity contribution >= 4 is 21.4 Å². The molecule has 0 spiro atoms. The zero-order valence-electron chi connectivity index (χ0n) is 18.9. The maximum Gasteiger partial charge on any atom is 0.314 e. The molecule has 15 heteroatoms. The number of sulfonamides is 1. The van der Waals surface area contributed by atoms with E-state index in [0.717, 1.165) is 25.9 Å². The van der Waals surface area contributed by atoms with Crippen molar-refractivity contribution in [3.63, 3.8) is 0 Å². The van der Waals surface area contributed by atoms with Crippen molar-refractivity contribution < 1.29 is 26.4 Å². The number of nitrogens with zero attached hydrogens (tertiary/aromatic N) is 7. The van der Waals surface area contributed by atoms with E-state index in [4.69, 9.17) is 9.15 Å². The second-order valence-electron chi connectivity index (χ2n) is 9.40. The molecule has 2 aliphatic heterocycles. The molecular formula is C20H24F2N8O4S. The normalized spacial score (nSPS) is 22.6. The minimum absolute atomic E-state index is 0.00472. The van der Waals surface area contributed by atoms with E-state index in [2.05, 4.69) is 34.9 Å². The molecule has 0 unspecified atom stereocenters. The average molecular weight is 511 g/mol. The summed E-state index contributed by atoms with van der Waals surface area (Å²) in [4.78, 5) is 4.41. The number of alkyl halides is 2. The highest BCUT2D eigenvalue weighted by Gasteiger charge is 2.42. The van der Waals surface area contributed by atoms with Gasteiger partial charge in [0.05, 0.1) is 24.9 Å². The molecule has 0 amide bonds. The maximum absolute atomic E-state index is 13.3. The number of fused-ring (bicyclic) bond motifs is 2. The van der Waals surface area contributed by atoms with Crippen molar-refractivity contribution in [3.05, 3.63) is 18.2 Å². The maximum atomic E-state index is 13.3. The topological polar surface area (TPSA) is 131 Å². The number of halogens is 2. The first-order valence-corrected chi connectivity index (χ1v) is 12.8. The summed E-state index contributed by atoms with van der Waals surface area (Å²) in [6.07, 6.45) is -0.0869. The summed E-state index contributed by atoms with van der Waals surface area (Å²) in [6, 6.07) is 1.74. The van der Waals surface area contributed by atoms with Crippen LogP contribution in [0, 0.1) is 0 Å². The van der Waals surface area contributed by atoms with Crippen LogP contribution < -0.4 is 9.62 Å². The van der Waals surface area contributed by atoms with E-state index in [1.807, 2.05) is 6.92 Å². The van der Waals surface area contributed by atoms with Crippen LogP contribution in [-0.2, 0) is 14.8 Å².